The maximum Gasteiger partial charge on any atom is 0.255 e. The molecule has 2 aromatic carbocycles. The van der Waals surface area contributed by atoms with Gasteiger partial charge in [-0.2, -0.15) is 0 Å². The van der Waals surface area contributed by atoms with Gasteiger partial charge < -0.3 is 10.2 Å². The monoisotopic (exact) mass is 336 g/mol. The average molecular weight is 336 g/mol. The van der Waals surface area contributed by atoms with Gasteiger partial charge in [-0.25, -0.2) is 0 Å². The molecule has 0 aliphatic carbocycles. The molecular formula is C21H24N2O2. The van der Waals surface area contributed by atoms with E-state index in [1.54, 1.807) is 6.07 Å². The molecule has 0 spiro atoms. The van der Waals surface area contributed by atoms with Crippen molar-refractivity contribution in [3.8, 4) is 0 Å². The molecule has 4 nitrogen and oxygen atoms in total. The number of carbonyl (C=O) groups is 2. The normalized spacial score (nSPS) is 14.2. The number of likely N-dealkylation sites (tertiary alicyclic amines) is 1. The molecule has 0 unspecified atom stereocenters. The Morgan fingerprint density at radius 1 is 1.16 bits per heavy atom. The number of nitrogens with one attached hydrogen (secondary N) is 1. The van der Waals surface area contributed by atoms with Crippen LogP contribution in [0.5, 0.6) is 0 Å². The standard InChI is InChI=1S/C21H24N2O2/c1-15(2)17-7-4-9-19(13-17)22-21(25)18-8-3-6-16(12-18)14-23-11-5-10-20(23)24/h3-4,6-9,12-13,15H,5,10-11,14H2,1-2H3,(H,22,25). The third kappa shape index (κ3) is 4.27. The molecule has 3 rings (SSSR count). The molecule has 0 saturated carbocycles. The van der Waals surface area contributed by atoms with E-state index in [1.807, 2.05) is 41.3 Å². The Labute approximate surface area is 148 Å². The zero-order valence-electron chi connectivity index (χ0n) is 14.8. The van der Waals surface area contributed by atoms with Crippen LogP contribution < -0.4 is 5.32 Å². The summed E-state index contributed by atoms with van der Waals surface area (Å²) in [5.74, 6) is 0.481. The summed E-state index contributed by atoms with van der Waals surface area (Å²) < 4.78 is 0. The molecule has 2 amide bonds. The van der Waals surface area contributed by atoms with Gasteiger partial charge in [0.25, 0.3) is 5.91 Å². The predicted octanol–water partition coefficient (Wildman–Crippen LogP) is 4.18. The first-order chi connectivity index (χ1) is 12.0. The number of rotatable bonds is 5. The maximum absolute atomic E-state index is 12.6. The molecule has 1 aliphatic rings. The summed E-state index contributed by atoms with van der Waals surface area (Å²) in [4.78, 5) is 26.2. The summed E-state index contributed by atoms with van der Waals surface area (Å²) >= 11 is 0. The number of nitrogens with zero attached hydrogens (tertiary/aromatic N) is 1. The summed E-state index contributed by atoms with van der Waals surface area (Å²) in [5, 5.41) is 2.96. The number of hydrogen-bond acceptors (Lipinski definition) is 2. The van der Waals surface area contributed by atoms with Crippen molar-refractivity contribution in [2.75, 3.05) is 11.9 Å². The van der Waals surface area contributed by atoms with Crippen LogP contribution >= 0.6 is 0 Å². The molecular weight excluding hydrogens is 312 g/mol. The molecule has 1 heterocycles. The van der Waals surface area contributed by atoms with Gasteiger partial charge in [0.15, 0.2) is 0 Å². The fraction of sp³-hybridized carbons (Fsp3) is 0.333. The van der Waals surface area contributed by atoms with Crippen molar-refractivity contribution >= 4 is 17.5 Å². The number of benzene rings is 2. The Kier molecular flexibility index (Phi) is 5.17. The highest BCUT2D eigenvalue weighted by Crippen LogP contribution is 2.20. The van der Waals surface area contributed by atoms with Gasteiger partial charge in [-0.3, -0.25) is 9.59 Å². The van der Waals surface area contributed by atoms with E-state index >= 15 is 0 Å². The Morgan fingerprint density at radius 3 is 2.68 bits per heavy atom. The molecule has 0 radical (unpaired) electrons. The lowest BCUT2D eigenvalue weighted by Gasteiger charge is -2.16. The Hall–Kier alpha value is -2.62. The van der Waals surface area contributed by atoms with Gasteiger partial charge in [-0.1, -0.05) is 38.1 Å². The van der Waals surface area contributed by atoms with E-state index in [0.717, 1.165) is 24.2 Å². The van der Waals surface area contributed by atoms with Gasteiger partial charge in [0.05, 0.1) is 0 Å². The van der Waals surface area contributed by atoms with Crippen molar-refractivity contribution in [1.29, 1.82) is 0 Å². The second-order valence-corrected chi connectivity index (χ2v) is 6.85. The van der Waals surface area contributed by atoms with E-state index in [9.17, 15) is 9.59 Å². The Morgan fingerprint density at radius 2 is 1.96 bits per heavy atom. The lowest BCUT2D eigenvalue weighted by Crippen LogP contribution is -2.24. The second kappa shape index (κ2) is 7.51. The van der Waals surface area contributed by atoms with Crippen molar-refractivity contribution in [2.24, 2.45) is 0 Å². The van der Waals surface area contributed by atoms with Crippen LogP contribution in [0.2, 0.25) is 0 Å². The van der Waals surface area contributed by atoms with Gasteiger partial charge in [-0.15, -0.1) is 0 Å². The van der Waals surface area contributed by atoms with Crippen LogP contribution in [0.15, 0.2) is 48.5 Å². The minimum absolute atomic E-state index is 0.129. The van der Waals surface area contributed by atoms with Gasteiger partial charge in [0, 0.05) is 30.8 Å². The van der Waals surface area contributed by atoms with E-state index in [2.05, 4.69) is 25.2 Å². The van der Waals surface area contributed by atoms with Gasteiger partial charge in [0.2, 0.25) is 5.91 Å². The van der Waals surface area contributed by atoms with Crippen molar-refractivity contribution in [3.05, 3.63) is 65.2 Å². The average Bonchev–Trinajstić information content (AvgIpc) is 3.00. The van der Waals surface area contributed by atoms with Crippen LogP contribution in [0.4, 0.5) is 5.69 Å². The number of hydrogen-bond donors (Lipinski definition) is 1. The molecule has 0 aromatic heterocycles. The summed E-state index contributed by atoms with van der Waals surface area (Å²) in [5.41, 5.74) is 3.59. The van der Waals surface area contributed by atoms with Crippen LogP contribution in [0.1, 0.15) is 54.1 Å². The minimum Gasteiger partial charge on any atom is -0.338 e. The summed E-state index contributed by atoms with van der Waals surface area (Å²) in [6.07, 6.45) is 1.55. The number of amides is 2. The predicted molar refractivity (Wildman–Crippen MR) is 99.6 cm³/mol. The van der Waals surface area contributed by atoms with Crippen LogP contribution in [-0.4, -0.2) is 23.3 Å². The SMILES string of the molecule is CC(C)c1cccc(NC(=O)c2cccc(CN3CCCC3=O)c2)c1. The summed E-state index contributed by atoms with van der Waals surface area (Å²) in [7, 11) is 0. The fourth-order valence-electron chi connectivity index (χ4n) is 3.08. The van der Waals surface area contributed by atoms with Crippen molar-refractivity contribution in [3.63, 3.8) is 0 Å². The largest absolute Gasteiger partial charge is 0.338 e. The van der Waals surface area contributed by atoms with E-state index in [-0.39, 0.29) is 11.8 Å². The molecule has 0 bridgehead atoms. The molecule has 1 N–H and O–H groups in total. The minimum atomic E-state index is -0.129. The third-order valence-electron chi connectivity index (χ3n) is 4.55. The quantitative estimate of drug-likeness (QED) is 0.890. The molecule has 1 saturated heterocycles. The molecule has 130 valence electrons. The van der Waals surface area contributed by atoms with E-state index < -0.39 is 0 Å². The number of anilines is 1. The highest BCUT2D eigenvalue weighted by atomic mass is 16.2. The number of carbonyl (C=O) groups excluding carboxylic acids is 2. The molecule has 2 aromatic rings. The molecule has 1 aliphatic heterocycles. The zero-order chi connectivity index (χ0) is 17.8. The Balaban J connectivity index is 1.71. The van der Waals surface area contributed by atoms with Gasteiger partial charge >= 0.3 is 0 Å². The van der Waals surface area contributed by atoms with Crippen molar-refractivity contribution in [1.82, 2.24) is 4.90 Å². The lowest BCUT2D eigenvalue weighted by molar-refractivity contribution is -0.128. The van der Waals surface area contributed by atoms with Crippen LogP contribution in [0.25, 0.3) is 0 Å². The van der Waals surface area contributed by atoms with Gasteiger partial charge in [0.1, 0.15) is 0 Å². The zero-order valence-corrected chi connectivity index (χ0v) is 14.8. The lowest BCUT2D eigenvalue weighted by atomic mass is 10.0. The van der Waals surface area contributed by atoms with Crippen LogP contribution in [0.3, 0.4) is 0 Å². The van der Waals surface area contributed by atoms with E-state index in [4.69, 9.17) is 0 Å². The topological polar surface area (TPSA) is 49.4 Å². The molecule has 4 heteroatoms. The molecule has 25 heavy (non-hydrogen) atoms. The first-order valence-corrected chi connectivity index (χ1v) is 8.81. The van der Waals surface area contributed by atoms with E-state index in [1.165, 1.54) is 5.56 Å². The molecule has 0 atom stereocenters. The Bertz CT molecular complexity index is 783. The smallest absolute Gasteiger partial charge is 0.255 e. The van der Waals surface area contributed by atoms with Crippen LogP contribution in [-0.2, 0) is 11.3 Å². The highest BCUT2D eigenvalue weighted by Gasteiger charge is 2.20. The highest BCUT2D eigenvalue weighted by molar-refractivity contribution is 6.04. The van der Waals surface area contributed by atoms with Crippen molar-refractivity contribution < 1.29 is 9.59 Å². The van der Waals surface area contributed by atoms with Crippen molar-refractivity contribution in [2.45, 2.75) is 39.2 Å². The van der Waals surface area contributed by atoms with Crippen LogP contribution in [0, 0.1) is 0 Å². The summed E-state index contributed by atoms with van der Waals surface area (Å²) in [6.45, 7) is 5.63. The van der Waals surface area contributed by atoms with E-state index in [0.29, 0.717) is 24.4 Å². The molecule has 1 fully saturated rings. The summed E-state index contributed by atoms with van der Waals surface area (Å²) in [6, 6.07) is 15.4. The first kappa shape index (κ1) is 17.2. The third-order valence-corrected chi connectivity index (χ3v) is 4.55. The van der Waals surface area contributed by atoms with Gasteiger partial charge in [-0.05, 0) is 47.7 Å². The maximum atomic E-state index is 12.6. The second-order valence-electron chi connectivity index (χ2n) is 6.85. The first-order valence-electron chi connectivity index (χ1n) is 8.81. The fourth-order valence-corrected chi connectivity index (χ4v) is 3.08.